The number of rotatable bonds is 6. The fourth-order valence-corrected chi connectivity index (χ4v) is 1.84. The van der Waals surface area contributed by atoms with Gasteiger partial charge in [0.05, 0.1) is 0 Å². The zero-order valence-electron chi connectivity index (χ0n) is 10.5. The summed E-state index contributed by atoms with van der Waals surface area (Å²) in [5.74, 6) is 1.70. The first kappa shape index (κ1) is 13.6. The van der Waals surface area contributed by atoms with E-state index in [1.807, 2.05) is 36.4 Å². The van der Waals surface area contributed by atoms with Gasteiger partial charge in [0.15, 0.2) is 0 Å². The van der Waals surface area contributed by atoms with Crippen molar-refractivity contribution in [2.24, 2.45) is 0 Å². The maximum Gasteiger partial charge on any atom is 0.126 e. The van der Waals surface area contributed by atoms with Crippen LogP contribution < -0.4 is 10.1 Å². The fraction of sp³-hybridized carbons (Fsp3) is 0.133. The second kappa shape index (κ2) is 6.95. The molecule has 0 aliphatic heterocycles. The first-order chi connectivity index (χ1) is 9.29. The monoisotopic (exact) mass is 318 g/mol. The molecule has 0 spiro atoms. The van der Waals surface area contributed by atoms with E-state index >= 15 is 0 Å². The van der Waals surface area contributed by atoms with Crippen LogP contribution in [0.3, 0.4) is 0 Å². The van der Waals surface area contributed by atoms with Crippen LogP contribution in [-0.4, -0.2) is 11.6 Å². The molecule has 4 heteroatoms. The van der Waals surface area contributed by atoms with Crippen LogP contribution in [0.15, 0.2) is 59.7 Å². The molecule has 1 aromatic carbocycles. The standard InChI is InChI=1S/C15H15BrN2O/c1-2-9-19-14-6-4-3-5-12(14)10-17-15-8-7-13(16)11-18-15/h2-8,11H,1,9-10H2,(H,17,18). The number of pyridine rings is 1. The molecular weight excluding hydrogens is 304 g/mol. The second-order valence-corrected chi connectivity index (χ2v) is 4.84. The highest BCUT2D eigenvalue weighted by molar-refractivity contribution is 9.10. The summed E-state index contributed by atoms with van der Waals surface area (Å²) in [4.78, 5) is 4.27. The molecule has 1 N–H and O–H groups in total. The summed E-state index contributed by atoms with van der Waals surface area (Å²) in [5.41, 5.74) is 1.09. The minimum absolute atomic E-state index is 0.507. The van der Waals surface area contributed by atoms with E-state index < -0.39 is 0 Å². The van der Waals surface area contributed by atoms with Gasteiger partial charge in [0.1, 0.15) is 18.2 Å². The van der Waals surface area contributed by atoms with Crippen molar-refractivity contribution >= 4 is 21.7 Å². The number of anilines is 1. The molecule has 0 radical (unpaired) electrons. The van der Waals surface area contributed by atoms with Gasteiger partial charge < -0.3 is 10.1 Å². The van der Waals surface area contributed by atoms with E-state index in [4.69, 9.17) is 4.74 Å². The van der Waals surface area contributed by atoms with Crippen LogP contribution >= 0.6 is 15.9 Å². The largest absolute Gasteiger partial charge is 0.489 e. The molecule has 0 aliphatic carbocycles. The molecule has 0 bridgehead atoms. The van der Waals surface area contributed by atoms with E-state index in [9.17, 15) is 0 Å². The van der Waals surface area contributed by atoms with Crippen LogP contribution in [0, 0.1) is 0 Å². The van der Waals surface area contributed by atoms with E-state index in [1.165, 1.54) is 0 Å². The second-order valence-electron chi connectivity index (χ2n) is 3.92. The molecule has 0 aliphatic rings. The summed E-state index contributed by atoms with van der Waals surface area (Å²) >= 11 is 3.36. The summed E-state index contributed by atoms with van der Waals surface area (Å²) < 4.78 is 6.57. The Morgan fingerprint density at radius 2 is 2.11 bits per heavy atom. The molecule has 2 aromatic rings. The Balaban J connectivity index is 2.02. The predicted molar refractivity (Wildman–Crippen MR) is 81.4 cm³/mol. The number of halogens is 1. The summed E-state index contributed by atoms with van der Waals surface area (Å²) in [7, 11) is 0. The Morgan fingerprint density at radius 1 is 1.26 bits per heavy atom. The molecular formula is C15H15BrN2O. The van der Waals surface area contributed by atoms with Crippen LogP contribution in [0.25, 0.3) is 0 Å². The van der Waals surface area contributed by atoms with E-state index in [-0.39, 0.29) is 0 Å². The van der Waals surface area contributed by atoms with Crippen LogP contribution in [0.1, 0.15) is 5.56 Å². The zero-order chi connectivity index (χ0) is 13.5. The number of para-hydroxylation sites is 1. The van der Waals surface area contributed by atoms with Gasteiger partial charge in [-0.2, -0.15) is 0 Å². The Bertz CT molecular complexity index is 540. The van der Waals surface area contributed by atoms with Crippen LogP contribution in [0.4, 0.5) is 5.82 Å². The lowest BCUT2D eigenvalue weighted by Crippen LogP contribution is -2.04. The third-order valence-electron chi connectivity index (χ3n) is 2.52. The number of aromatic nitrogens is 1. The summed E-state index contributed by atoms with van der Waals surface area (Å²) in [5, 5.41) is 3.27. The van der Waals surface area contributed by atoms with E-state index in [0.29, 0.717) is 13.2 Å². The highest BCUT2D eigenvalue weighted by Gasteiger charge is 2.02. The average molecular weight is 319 g/mol. The smallest absolute Gasteiger partial charge is 0.126 e. The summed E-state index contributed by atoms with van der Waals surface area (Å²) in [6.45, 7) is 4.83. The number of nitrogens with one attached hydrogen (secondary N) is 1. The lowest BCUT2D eigenvalue weighted by molar-refractivity contribution is 0.359. The maximum atomic E-state index is 5.61. The predicted octanol–water partition coefficient (Wildman–Crippen LogP) is 4.02. The molecule has 0 fully saturated rings. The molecule has 0 atom stereocenters. The molecule has 19 heavy (non-hydrogen) atoms. The number of benzene rings is 1. The van der Waals surface area contributed by atoms with E-state index in [0.717, 1.165) is 21.6 Å². The van der Waals surface area contributed by atoms with Crippen molar-refractivity contribution in [3.8, 4) is 5.75 Å². The van der Waals surface area contributed by atoms with Crippen molar-refractivity contribution in [1.29, 1.82) is 0 Å². The minimum Gasteiger partial charge on any atom is -0.489 e. The van der Waals surface area contributed by atoms with Gasteiger partial charge in [-0.25, -0.2) is 4.98 Å². The minimum atomic E-state index is 0.507. The molecule has 2 rings (SSSR count). The molecule has 0 saturated carbocycles. The van der Waals surface area contributed by atoms with Crippen molar-refractivity contribution in [1.82, 2.24) is 4.98 Å². The lowest BCUT2D eigenvalue weighted by atomic mass is 10.2. The topological polar surface area (TPSA) is 34.1 Å². The number of ether oxygens (including phenoxy) is 1. The Hall–Kier alpha value is -1.81. The van der Waals surface area contributed by atoms with Crippen molar-refractivity contribution in [3.05, 3.63) is 65.3 Å². The molecule has 0 amide bonds. The van der Waals surface area contributed by atoms with Crippen molar-refractivity contribution in [2.75, 3.05) is 11.9 Å². The van der Waals surface area contributed by atoms with Gasteiger partial charge in [-0.1, -0.05) is 30.9 Å². The first-order valence-electron chi connectivity index (χ1n) is 5.96. The third kappa shape index (κ3) is 4.10. The molecule has 1 aromatic heterocycles. The molecule has 98 valence electrons. The van der Waals surface area contributed by atoms with Crippen LogP contribution in [-0.2, 0) is 6.54 Å². The van der Waals surface area contributed by atoms with Gasteiger partial charge >= 0.3 is 0 Å². The van der Waals surface area contributed by atoms with Gasteiger partial charge in [-0.15, -0.1) is 0 Å². The summed E-state index contributed by atoms with van der Waals surface area (Å²) in [6, 6.07) is 11.8. The molecule has 3 nitrogen and oxygen atoms in total. The maximum absolute atomic E-state index is 5.61. The number of hydrogen-bond donors (Lipinski definition) is 1. The SMILES string of the molecule is C=CCOc1ccccc1CNc1ccc(Br)cn1. The average Bonchev–Trinajstić information content (AvgIpc) is 2.45. The molecule has 0 saturated heterocycles. The van der Waals surface area contributed by atoms with E-state index in [1.54, 1.807) is 12.3 Å². The Morgan fingerprint density at radius 3 is 2.84 bits per heavy atom. The fourth-order valence-electron chi connectivity index (χ4n) is 1.61. The first-order valence-corrected chi connectivity index (χ1v) is 6.76. The normalized spacial score (nSPS) is 9.95. The van der Waals surface area contributed by atoms with Gasteiger partial charge in [0, 0.05) is 22.8 Å². The van der Waals surface area contributed by atoms with Gasteiger partial charge in [0.25, 0.3) is 0 Å². The number of hydrogen-bond acceptors (Lipinski definition) is 3. The Kier molecular flexibility index (Phi) is 4.98. The summed E-state index contributed by atoms with van der Waals surface area (Å²) in [6.07, 6.45) is 3.50. The molecule has 1 heterocycles. The lowest BCUT2D eigenvalue weighted by Gasteiger charge is -2.11. The zero-order valence-corrected chi connectivity index (χ0v) is 12.1. The third-order valence-corrected chi connectivity index (χ3v) is 2.99. The van der Waals surface area contributed by atoms with Crippen molar-refractivity contribution in [2.45, 2.75) is 6.54 Å². The van der Waals surface area contributed by atoms with Crippen molar-refractivity contribution in [3.63, 3.8) is 0 Å². The van der Waals surface area contributed by atoms with Gasteiger partial charge in [-0.05, 0) is 34.1 Å². The van der Waals surface area contributed by atoms with Gasteiger partial charge in [0.2, 0.25) is 0 Å². The van der Waals surface area contributed by atoms with Crippen molar-refractivity contribution < 1.29 is 4.74 Å². The molecule has 0 unspecified atom stereocenters. The quantitative estimate of drug-likeness (QED) is 0.817. The Labute approximate surface area is 121 Å². The van der Waals surface area contributed by atoms with Crippen LogP contribution in [0.2, 0.25) is 0 Å². The van der Waals surface area contributed by atoms with Crippen LogP contribution in [0.5, 0.6) is 5.75 Å². The highest BCUT2D eigenvalue weighted by Crippen LogP contribution is 2.19. The van der Waals surface area contributed by atoms with E-state index in [2.05, 4.69) is 32.8 Å². The highest BCUT2D eigenvalue weighted by atomic mass is 79.9. The number of nitrogens with zero attached hydrogens (tertiary/aromatic N) is 1. The van der Waals surface area contributed by atoms with Gasteiger partial charge in [-0.3, -0.25) is 0 Å².